The molecule has 1 aliphatic carbocycles. The van der Waals surface area contributed by atoms with E-state index < -0.39 is 0 Å². The molecule has 3 rings (SSSR count). The normalized spacial score (nSPS) is 23.0. The van der Waals surface area contributed by atoms with Crippen molar-refractivity contribution in [2.45, 2.75) is 18.9 Å². The van der Waals surface area contributed by atoms with Crippen LogP contribution in [0, 0.1) is 5.92 Å². The summed E-state index contributed by atoms with van der Waals surface area (Å²) >= 11 is 0. The fraction of sp³-hybridized carbons (Fsp3) is 0.417. The molecule has 7 heteroatoms. The molecular formula is C12H15N5O2. The van der Waals surface area contributed by atoms with E-state index in [0.29, 0.717) is 11.2 Å². The Morgan fingerprint density at radius 1 is 1.47 bits per heavy atom. The van der Waals surface area contributed by atoms with Crippen molar-refractivity contribution in [2.75, 3.05) is 12.3 Å². The van der Waals surface area contributed by atoms with E-state index in [2.05, 4.69) is 15.0 Å². The van der Waals surface area contributed by atoms with Gasteiger partial charge >= 0.3 is 0 Å². The van der Waals surface area contributed by atoms with Crippen LogP contribution in [0.2, 0.25) is 0 Å². The zero-order chi connectivity index (χ0) is 13.4. The number of hydrogen-bond donors (Lipinski definition) is 3. The number of rotatable bonds is 2. The highest BCUT2D eigenvalue weighted by Crippen LogP contribution is 2.27. The standard InChI is InChI=1S/C12H15N5O2/c13-12-15-10-9(11(19)16-12)14-6-17(10)8-3-1-7(5-18)2-4-8/h1,3,6-8,18H,2,4-5H2,(H3,13,15,16,19)/t7-,8+/m1/s1. The number of hydrogen-bond acceptors (Lipinski definition) is 5. The molecule has 1 aliphatic rings. The molecule has 0 bridgehead atoms. The van der Waals surface area contributed by atoms with Crippen LogP contribution >= 0.6 is 0 Å². The number of nitrogens with one attached hydrogen (secondary N) is 1. The van der Waals surface area contributed by atoms with Crippen molar-refractivity contribution in [2.24, 2.45) is 5.92 Å². The summed E-state index contributed by atoms with van der Waals surface area (Å²) in [6.45, 7) is 0.165. The number of nitrogen functional groups attached to an aromatic ring is 1. The summed E-state index contributed by atoms with van der Waals surface area (Å²) in [6, 6.07) is 0.0986. The van der Waals surface area contributed by atoms with Crippen molar-refractivity contribution < 1.29 is 5.11 Å². The monoisotopic (exact) mass is 261 g/mol. The van der Waals surface area contributed by atoms with E-state index in [1.165, 1.54) is 0 Å². The Hall–Kier alpha value is -2.15. The molecule has 0 aliphatic heterocycles. The van der Waals surface area contributed by atoms with Gasteiger partial charge in [0.05, 0.1) is 12.4 Å². The molecule has 0 radical (unpaired) electrons. The number of nitrogens with zero attached hydrogens (tertiary/aromatic N) is 3. The van der Waals surface area contributed by atoms with Gasteiger partial charge in [0, 0.05) is 12.5 Å². The quantitative estimate of drug-likeness (QED) is 0.669. The van der Waals surface area contributed by atoms with Crippen LogP contribution in [0.5, 0.6) is 0 Å². The second kappa shape index (κ2) is 4.51. The predicted molar refractivity (Wildman–Crippen MR) is 70.5 cm³/mol. The van der Waals surface area contributed by atoms with Crippen LogP contribution in [0.3, 0.4) is 0 Å². The van der Waals surface area contributed by atoms with Crippen LogP contribution in [0.4, 0.5) is 5.95 Å². The van der Waals surface area contributed by atoms with E-state index in [-0.39, 0.29) is 30.1 Å². The molecule has 2 aromatic heterocycles. The molecule has 2 heterocycles. The van der Waals surface area contributed by atoms with Crippen LogP contribution in [0.15, 0.2) is 23.3 Å². The largest absolute Gasteiger partial charge is 0.396 e. The molecule has 100 valence electrons. The lowest BCUT2D eigenvalue weighted by atomic mass is 9.93. The minimum Gasteiger partial charge on any atom is -0.396 e. The first-order chi connectivity index (χ1) is 9.19. The fourth-order valence-corrected chi connectivity index (χ4v) is 2.43. The first kappa shape index (κ1) is 11.9. The van der Waals surface area contributed by atoms with E-state index in [1.54, 1.807) is 6.33 Å². The highest BCUT2D eigenvalue weighted by molar-refractivity contribution is 5.70. The average Bonchev–Trinajstić information content (AvgIpc) is 2.83. The van der Waals surface area contributed by atoms with Crippen molar-refractivity contribution >= 4 is 17.1 Å². The zero-order valence-electron chi connectivity index (χ0n) is 10.3. The highest BCUT2D eigenvalue weighted by atomic mass is 16.3. The topological polar surface area (TPSA) is 110 Å². The van der Waals surface area contributed by atoms with Gasteiger partial charge in [-0.1, -0.05) is 12.2 Å². The zero-order valence-corrected chi connectivity index (χ0v) is 10.3. The van der Waals surface area contributed by atoms with Gasteiger partial charge in [0.15, 0.2) is 11.2 Å². The average molecular weight is 261 g/mol. The maximum atomic E-state index is 11.7. The Kier molecular flexibility index (Phi) is 2.83. The van der Waals surface area contributed by atoms with E-state index in [9.17, 15) is 4.79 Å². The Labute approximate surface area is 108 Å². The van der Waals surface area contributed by atoms with Gasteiger partial charge < -0.3 is 15.4 Å². The first-order valence-electron chi connectivity index (χ1n) is 6.20. The van der Waals surface area contributed by atoms with Crippen molar-refractivity contribution in [1.82, 2.24) is 19.5 Å². The smallest absolute Gasteiger partial charge is 0.280 e. The van der Waals surface area contributed by atoms with Gasteiger partial charge in [-0.15, -0.1) is 0 Å². The number of aliphatic hydroxyl groups excluding tert-OH is 1. The summed E-state index contributed by atoms with van der Waals surface area (Å²) in [7, 11) is 0. The Morgan fingerprint density at radius 3 is 3.00 bits per heavy atom. The second-order valence-electron chi connectivity index (χ2n) is 4.75. The van der Waals surface area contributed by atoms with Gasteiger partial charge in [0.2, 0.25) is 5.95 Å². The fourth-order valence-electron chi connectivity index (χ4n) is 2.43. The van der Waals surface area contributed by atoms with Crippen LogP contribution in [-0.4, -0.2) is 31.2 Å². The molecule has 4 N–H and O–H groups in total. The summed E-state index contributed by atoms with van der Waals surface area (Å²) in [5.41, 5.74) is 6.04. The number of nitrogens with two attached hydrogens (primary N) is 1. The SMILES string of the molecule is Nc1nc2c(ncn2[C@H]2C=C[C@@H](CO)CC2)c(=O)[nH]1. The number of aliphatic hydroxyl groups is 1. The molecule has 0 saturated heterocycles. The molecule has 0 aromatic carbocycles. The third kappa shape index (κ3) is 2.01. The Bertz CT molecular complexity index is 687. The molecule has 0 spiro atoms. The summed E-state index contributed by atoms with van der Waals surface area (Å²) in [6.07, 6.45) is 7.40. The third-order valence-corrected chi connectivity index (χ3v) is 3.48. The number of anilines is 1. The third-order valence-electron chi connectivity index (χ3n) is 3.48. The van der Waals surface area contributed by atoms with Crippen molar-refractivity contribution in [1.29, 1.82) is 0 Å². The Balaban J connectivity index is 2.05. The lowest BCUT2D eigenvalue weighted by Gasteiger charge is -2.22. The van der Waals surface area contributed by atoms with Gasteiger partial charge in [-0.3, -0.25) is 9.78 Å². The maximum Gasteiger partial charge on any atom is 0.280 e. The summed E-state index contributed by atoms with van der Waals surface area (Å²) < 4.78 is 1.85. The van der Waals surface area contributed by atoms with Crippen molar-refractivity contribution in [3.8, 4) is 0 Å². The van der Waals surface area contributed by atoms with E-state index >= 15 is 0 Å². The molecule has 19 heavy (non-hydrogen) atoms. The number of aromatic nitrogens is 4. The maximum absolute atomic E-state index is 11.7. The molecule has 0 fully saturated rings. The summed E-state index contributed by atoms with van der Waals surface area (Å²) in [4.78, 5) is 22.4. The van der Waals surface area contributed by atoms with Gasteiger partial charge in [-0.05, 0) is 12.8 Å². The number of aromatic amines is 1. The minimum absolute atomic E-state index is 0.0901. The van der Waals surface area contributed by atoms with E-state index in [4.69, 9.17) is 10.8 Å². The highest BCUT2D eigenvalue weighted by Gasteiger charge is 2.19. The van der Waals surface area contributed by atoms with Crippen LogP contribution < -0.4 is 11.3 Å². The predicted octanol–water partition coefficient (Wildman–Crippen LogP) is 0.201. The van der Waals surface area contributed by atoms with Gasteiger partial charge in [-0.2, -0.15) is 4.98 Å². The van der Waals surface area contributed by atoms with E-state index in [0.717, 1.165) is 12.8 Å². The van der Waals surface area contributed by atoms with Crippen molar-refractivity contribution in [3.63, 3.8) is 0 Å². The second-order valence-corrected chi connectivity index (χ2v) is 4.75. The number of fused-ring (bicyclic) bond motifs is 1. The summed E-state index contributed by atoms with van der Waals surface area (Å²) in [5, 5.41) is 9.11. The molecule has 0 saturated carbocycles. The van der Waals surface area contributed by atoms with Crippen molar-refractivity contribution in [3.05, 3.63) is 28.8 Å². The molecule has 2 atom stereocenters. The summed E-state index contributed by atoms with van der Waals surface area (Å²) in [5.74, 6) is 0.305. The molecule has 2 aromatic rings. The van der Waals surface area contributed by atoms with Gasteiger partial charge in [0.25, 0.3) is 5.56 Å². The van der Waals surface area contributed by atoms with Crippen LogP contribution in [0.1, 0.15) is 18.9 Å². The first-order valence-corrected chi connectivity index (χ1v) is 6.20. The number of H-pyrrole nitrogens is 1. The minimum atomic E-state index is -0.325. The molecule has 7 nitrogen and oxygen atoms in total. The lowest BCUT2D eigenvalue weighted by molar-refractivity contribution is 0.235. The number of allylic oxidation sites excluding steroid dienone is 1. The van der Waals surface area contributed by atoms with Gasteiger partial charge in [-0.25, -0.2) is 4.98 Å². The van der Waals surface area contributed by atoms with Gasteiger partial charge in [0.1, 0.15) is 0 Å². The molecular weight excluding hydrogens is 246 g/mol. The van der Waals surface area contributed by atoms with Crippen LogP contribution in [-0.2, 0) is 0 Å². The number of imidazole rings is 1. The lowest BCUT2D eigenvalue weighted by Crippen LogP contribution is -2.17. The van der Waals surface area contributed by atoms with Crippen LogP contribution in [0.25, 0.3) is 11.2 Å². The molecule has 0 amide bonds. The molecule has 0 unspecified atom stereocenters. The van der Waals surface area contributed by atoms with E-state index in [1.807, 2.05) is 16.7 Å². The Morgan fingerprint density at radius 2 is 2.32 bits per heavy atom.